The molecule has 9 heteroatoms. The lowest BCUT2D eigenvalue weighted by molar-refractivity contribution is -0.384. The van der Waals surface area contributed by atoms with Crippen LogP contribution in [0, 0.1) is 10.1 Å². The van der Waals surface area contributed by atoms with E-state index in [9.17, 15) is 14.9 Å². The van der Waals surface area contributed by atoms with Gasteiger partial charge in [-0.15, -0.1) is 0 Å². The fraction of sp³-hybridized carbons (Fsp3) is 0.158. The summed E-state index contributed by atoms with van der Waals surface area (Å²) in [6, 6.07) is 12.5. The minimum Gasteiger partial charge on any atom is -0.351 e. The number of aromatic nitrogens is 3. The molecule has 0 atom stereocenters. The van der Waals surface area contributed by atoms with E-state index in [4.69, 9.17) is 0 Å². The highest BCUT2D eigenvalue weighted by Crippen LogP contribution is 2.27. The van der Waals surface area contributed by atoms with Crippen molar-refractivity contribution in [3.05, 3.63) is 70.5 Å². The lowest BCUT2D eigenvalue weighted by atomic mass is 10.1. The van der Waals surface area contributed by atoms with E-state index in [0.717, 1.165) is 18.4 Å². The molecule has 1 aliphatic carbocycles. The molecule has 0 saturated heterocycles. The largest absolute Gasteiger partial charge is 0.351 e. The summed E-state index contributed by atoms with van der Waals surface area (Å²) >= 11 is 0. The fourth-order valence-corrected chi connectivity index (χ4v) is 2.57. The number of hydrogen-bond donors (Lipinski definition) is 2. The lowest BCUT2D eigenvalue weighted by Gasteiger charge is -2.08. The minimum atomic E-state index is -0.587. The Labute approximate surface area is 160 Å². The zero-order valence-electron chi connectivity index (χ0n) is 14.7. The second kappa shape index (κ2) is 7.39. The quantitative estimate of drug-likeness (QED) is 0.500. The number of nitro groups is 1. The highest BCUT2D eigenvalue weighted by atomic mass is 16.6. The SMILES string of the molecule is O=C(Nc1nc(-c2ccccc2)ccc1[N+](=O)[O-])c1cnc(NC2CC2)nc1. The molecule has 9 nitrogen and oxygen atoms in total. The summed E-state index contributed by atoms with van der Waals surface area (Å²) in [6.45, 7) is 0. The van der Waals surface area contributed by atoms with Crippen LogP contribution >= 0.6 is 0 Å². The summed E-state index contributed by atoms with van der Waals surface area (Å²) in [5.74, 6) is -0.246. The molecule has 0 aliphatic heterocycles. The van der Waals surface area contributed by atoms with Crippen LogP contribution < -0.4 is 10.6 Å². The van der Waals surface area contributed by atoms with Crippen molar-refractivity contribution < 1.29 is 9.72 Å². The summed E-state index contributed by atoms with van der Waals surface area (Å²) in [5, 5.41) is 16.9. The van der Waals surface area contributed by atoms with E-state index < -0.39 is 10.8 Å². The van der Waals surface area contributed by atoms with Crippen molar-refractivity contribution in [2.75, 3.05) is 10.6 Å². The topological polar surface area (TPSA) is 123 Å². The van der Waals surface area contributed by atoms with Crippen molar-refractivity contribution in [3.63, 3.8) is 0 Å². The number of hydrogen-bond acceptors (Lipinski definition) is 7. The maximum Gasteiger partial charge on any atom is 0.311 e. The number of benzene rings is 1. The van der Waals surface area contributed by atoms with Crippen molar-refractivity contribution in [1.29, 1.82) is 0 Å². The molecule has 0 unspecified atom stereocenters. The molecule has 0 bridgehead atoms. The summed E-state index contributed by atoms with van der Waals surface area (Å²) < 4.78 is 0. The summed E-state index contributed by atoms with van der Waals surface area (Å²) in [6.07, 6.45) is 4.91. The molecule has 1 aliphatic rings. The van der Waals surface area contributed by atoms with Gasteiger partial charge in [-0.1, -0.05) is 30.3 Å². The molecular weight excluding hydrogens is 360 g/mol. The van der Waals surface area contributed by atoms with Gasteiger partial charge in [-0.3, -0.25) is 14.9 Å². The number of nitrogens with zero attached hydrogens (tertiary/aromatic N) is 4. The molecule has 2 aromatic heterocycles. The highest BCUT2D eigenvalue weighted by molar-refractivity contribution is 6.04. The van der Waals surface area contributed by atoms with Gasteiger partial charge >= 0.3 is 5.69 Å². The maximum atomic E-state index is 12.5. The van der Waals surface area contributed by atoms with Crippen molar-refractivity contribution >= 4 is 23.4 Å². The van der Waals surface area contributed by atoms with Crippen molar-refractivity contribution in [2.45, 2.75) is 18.9 Å². The van der Waals surface area contributed by atoms with E-state index in [2.05, 4.69) is 25.6 Å². The highest BCUT2D eigenvalue weighted by Gasteiger charge is 2.22. The van der Waals surface area contributed by atoms with Gasteiger partial charge < -0.3 is 10.6 Å². The first-order valence-corrected chi connectivity index (χ1v) is 8.71. The van der Waals surface area contributed by atoms with Gasteiger partial charge in [0.15, 0.2) is 0 Å². The Bertz CT molecular complexity index is 1020. The van der Waals surface area contributed by atoms with Gasteiger partial charge in [0.05, 0.1) is 16.2 Å². The number of carbonyl (C=O) groups excluding carboxylic acids is 1. The zero-order chi connectivity index (χ0) is 19.5. The van der Waals surface area contributed by atoms with Crippen LogP contribution in [0.15, 0.2) is 54.9 Å². The maximum absolute atomic E-state index is 12.5. The minimum absolute atomic E-state index is 0.128. The zero-order valence-corrected chi connectivity index (χ0v) is 14.7. The third-order valence-corrected chi connectivity index (χ3v) is 4.20. The Morgan fingerprint density at radius 3 is 2.43 bits per heavy atom. The van der Waals surface area contributed by atoms with E-state index in [1.807, 2.05) is 30.3 Å². The molecule has 0 radical (unpaired) electrons. The molecule has 140 valence electrons. The van der Waals surface area contributed by atoms with Crippen molar-refractivity contribution in [1.82, 2.24) is 15.0 Å². The molecule has 1 fully saturated rings. The third kappa shape index (κ3) is 3.93. The first kappa shape index (κ1) is 17.5. The van der Waals surface area contributed by atoms with E-state index in [0.29, 0.717) is 17.7 Å². The van der Waals surface area contributed by atoms with E-state index in [1.54, 1.807) is 6.07 Å². The fourth-order valence-electron chi connectivity index (χ4n) is 2.57. The molecule has 1 aromatic carbocycles. The van der Waals surface area contributed by atoms with Crippen LogP contribution in [0.25, 0.3) is 11.3 Å². The summed E-state index contributed by atoms with van der Waals surface area (Å²) in [7, 11) is 0. The van der Waals surface area contributed by atoms with Crippen LogP contribution in [0.5, 0.6) is 0 Å². The molecule has 1 amide bonds. The molecule has 0 spiro atoms. The standard InChI is InChI=1S/C19H16N6O3/c26-18(13-10-20-19(21-11-13)22-14-6-7-14)24-17-16(25(27)28)9-8-15(23-17)12-4-2-1-3-5-12/h1-5,8-11,14H,6-7H2,(H,20,21,22)(H,23,24,26). The second-order valence-corrected chi connectivity index (χ2v) is 6.36. The third-order valence-electron chi connectivity index (χ3n) is 4.20. The first-order chi connectivity index (χ1) is 13.6. The monoisotopic (exact) mass is 376 g/mol. The Balaban J connectivity index is 1.58. The molecule has 1 saturated carbocycles. The molecule has 4 rings (SSSR count). The van der Waals surface area contributed by atoms with E-state index in [-0.39, 0.29) is 17.1 Å². The van der Waals surface area contributed by atoms with Crippen LogP contribution in [0.2, 0.25) is 0 Å². The van der Waals surface area contributed by atoms with Crippen LogP contribution in [-0.2, 0) is 0 Å². The predicted molar refractivity (Wildman–Crippen MR) is 103 cm³/mol. The smallest absolute Gasteiger partial charge is 0.311 e. The van der Waals surface area contributed by atoms with Gasteiger partial charge in [-0.25, -0.2) is 15.0 Å². The summed E-state index contributed by atoms with van der Waals surface area (Å²) in [5.41, 5.74) is 1.19. The average Bonchev–Trinajstić information content (AvgIpc) is 3.53. The van der Waals surface area contributed by atoms with Crippen LogP contribution in [-0.4, -0.2) is 31.8 Å². The number of amides is 1. The second-order valence-electron chi connectivity index (χ2n) is 6.36. The molecule has 2 heterocycles. The van der Waals surface area contributed by atoms with Crippen LogP contribution in [0.1, 0.15) is 23.2 Å². The number of anilines is 2. The van der Waals surface area contributed by atoms with Crippen LogP contribution in [0.4, 0.5) is 17.5 Å². The predicted octanol–water partition coefficient (Wildman–Crippen LogP) is 3.27. The Kier molecular flexibility index (Phi) is 4.63. The number of carbonyl (C=O) groups is 1. The molecule has 2 N–H and O–H groups in total. The van der Waals surface area contributed by atoms with Gasteiger partial charge in [0.1, 0.15) is 0 Å². The van der Waals surface area contributed by atoms with Gasteiger partial charge in [-0.2, -0.15) is 0 Å². The van der Waals surface area contributed by atoms with Gasteiger partial charge in [0.2, 0.25) is 11.8 Å². The van der Waals surface area contributed by atoms with Crippen molar-refractivity contribution in [2.24, 2.45) is 0 Å². The average molecular weight is 376 g/mol. The van der Waals surface area contributed by atoms with Gasteiger partial charge in [0, 0.05) is 30.1 Å². The lowest BCUT2D eigenvalue weighted by Crippen LogP contribution is -2.16. The van der Waals surface area contributed by atoms with Crippen molar-refractivity contribution in [3.8, 4) is 11.3 Å². The van der Waals surface area contributed by atoms with Crippen LogP contribution in [0.3, 0.4) is 0 Å². The van der Waals surface area contributed by atoms with Gasteiger partial charge in [-0.05, 0) is 18.9 Å². The van der Waals surface area contributed by atoms with E-state index in [1.165, 1.54) is 18.5 Å². The molecule has 3 aromatic rings. The summed E-state index contributed by atoms with van der Waals surface area (Å²) in [4.78, 5) is 35.7. The Morgan fingerprint density at radius 1 is 1.07 bits per heavy atom. The normalized spacial score (nSPS) is 13.0. The molecule has 28 heavy (non-hydrogen) atoms. The Hall–Kier alpha value is -3.88. The number of rotatable bonds is 6. The number of nitrogens with one attached hydrogen (secondary N) is 2. The van der Waals surface area contributed by atoms with E-state index >= 15 is 0 Å². The number of pyridine rings is 1. The van der Waals surface area contributed by atoms with Gasteiger partial charge in [0.25, 0.3) is 5.91 Å². The Morgan fingerprint density at radius 2 is 1.79 bits per heavy atom. The first-order valence-electron chi connectivity index (χ1n) is 8.71. The molecular formula is C19H16N6O3.